The molecule has 3 aliphatic heterocycles. The molecule has 0 bridgehead atoms. The highest BCUT2D eigenvalue weighted by molar-refractivity contribution is 7.09. The number of nitrogens with zero attached hydrogens (tertiary/aromatic N) is 4. The predicted molar refractivity (Wildman–Crippen MR) is 107 cm³/mol. The van der Waals surface area contributed by atoms with Gasteiger partial charge < -0.3 is 19.6 Å². The molecule has 4 rings (SSSR count). The minimum Gasteiger partial charge on any atom is -0.475 e. The van der Waals surface area contributed by atoms with Crippen LogP contribution in [0.5, 0.6) is 0 Å². The summed E-state index contributed by atoms with van der Waals surface area (Å²) in [7, 11) is 0. The third-order valence-electron chi connectivity index (χ3n) is 5.69. The van der Waals surface area contributed by atoms with Crippen LogP contribution in [0.25, 0.3) is 0 Å². The quantitative estimate of drug-likeness (QED) is 0.724. The summed E-state index contributed by atoms with van der Waals surface area (Å²) < 4.78 is 37.6. The predicted octanol–water partition coefficient (Wildman–Crippen LogP) is 2.52. The molecule has 0 aliphatic carbocycles. The zero-order valence-electron chi connectivity index (χ0n) is 17.1. The van der Waals surface area contributed by atoms with Crippen molar-refractivity contribution in [2.75, 3.05) is 52.5 Å². The normalized spacial score (nSPS) is 24.7. The molecule has 1 unspecified atom stereocenters. The molecule has 1 atom stereocenters. The first kappa shape index (κ1) is 23.7. The molecule has 3 saturated heterocycles. The molecule has 1 aromatic heterocycles. The summed E-state index contributed by atoms with van der Waals surface area (Å²) in [6.07, 6.45) is 0.171. The van der Waals surface area contributed by atoms with Crippen LogP contribution >= 0.6 is 11.3 Å². The van der Waals surface area contributed by atoms with Crippen LogP contribution in [0.4, 0.5) is 18.0 Å². The fourth-order valence-electron chi connectivity index (χ4n) is 4.20. The number of aromatic nitrogens is 1. The average molecular weight is 465 g/mol. The Bertz CT molecular complexity index is 743. The fourth-order valence-corrected chi connectivity index (χ4v) is 4.85. The molecule has 1 aromatic rings. The molecule has 0 radical (unpaired) electrons. The van der Waals surface area contributed by atoms with Crippen molar-refractivity contribution < 1.29 is 32.6 Å². The van der Waals surface area contributed by atoms with Gasteiger partial charge in [0.25, 0.3) is 0 Å². The number of urea groups is 1. The van der Waals surface area contributed by atoms with E-state index in [1.165, 1.54) is 5.01 Å². The lowest BCUT2D eigenvalue weighted by molar-refractivity contribution is -0.192. The standard InChI is InChI=1S/C17H26N4O2S.C2HF3O2/c22-16(20-5-1-2-6-20)21-8-9-23-14-17(13-21)3-7-19(12-17)11-15-18-4-10-24-15;3-2(4,5)1(6)7/h4,10H,1-3,5-9,11-14H2;(H,6,7). The van der Waals surface area contributed by atoms with Crippen LogP contribution in [0.1, 0.15) is 24.3 Å². The summed E-state index contributed by atoms with van der Waals surface area (Å²) >= 11 is 1.72. The molecule has 1 spiro atoms. The molecule has 2 amide bonds. The van der Waals surface area contributed by atoms with E-state index in [2.05, 4.69) is 9.88 Å². The number of likely N-dealkylation sites (tertiary alicyclic amines) is 2. The number of rotatable bonds is 2. The van der Waals surface area contributed by atoms with E-state index < -0.39 is 12.1 Å². The summed E-state index contributed by atoms with van der Waals surface area (Å²) in [6.45, 7) is 7.79. The Labute approximate surface area is 182 Å². The monoisotopic (exact) mass is 464 g/mol. The average Bonchev–Trinajstić information content (AvgIpc) is 3.44. The lowest BCUT2D eigenvalue weighted by atomic mass is 9.87. The molecule has 3 aliphatic rings. The number of carbonyl (C=O) groups is 2. The Morgan fingerprint density at radius 3 is 2.48 bits per heavy atom. The summed E-state index contributed by atoms with van der Waals surface area (Å²) in [5, 5.41) is 10.3. The molecule has 8 nitrogen and oxygen atoms in total. The van der Waals surface area contributed by atoms with Crippen LogP contribution in [0, 0.1) is 5.41 Å². The van der Waals surface area contributed by atoms with Crippen molar-refractivity contribution >= 4 is 23.3 Å². The van der Waals surface area contributed by atoms with E-state index in [0.29, 0.717) is 6.61 Å². The topological polar surface area (TPSA) is 86.2 Å². The highest BCUT2D eigenvalue weighted by atomic mass is 32.1. The molecule has 0 saturated carbocycles. The smallest absolute Gasteiger partial charge is 0.475 e. The summed E-state index contributed by atoms with van der Waals surface area (Å²) in [4.78, 5) is 32.6. The largest absolute Gasteiger partial charge is 0.490 e. The maximum atomic E-state index is 12.8. The zero-order chi connectivity index (χ0) is 22.5. The van der Waals surface area contributed by atoms with Gasteiger partial charge >= 0.3 is 18.2 Å². The maximum absolute atomic E-state index is 12.8. The maximum Gasteiger partial charge on any atom is 0.490 e. The summed E-state index contributed by atoms with van der Waals surface area (Å²) in [5.74, 6) is -2.76. The van der Waals surface area contributed by atoms with Gasteiger partial charge in [-0.25, -0.2) is 14.6 Å². The Kier molecular flexibility index (Phi) is 7.76. The van der Waals surface area contributed by atoms with Crippen LogP contribution in [-0.2, 0) is 16.1 Å². The second-order valence-corrected chi connectivity index (χ2v) is 9.12. The molecule has 174 valence electrons. The second-order valence-electron chi connectivity index (χ2n) is 8.14. The van der Waals surface area contributed by atoms with E-state index >= 15 is 0 Å². The van der Waals surface area contributed by atoms with Crippen LogP contribution in [0.15, 0.2) is 11.6 Å². The van der Waals surface area contributed by atoms with Crippen molar-refractivity contribution in [1.29, 1.82) is 0 Å². The summed E-state index contributed by atoms with van der Waals surface area (Å²) in [5.41, 5.74) is 0.0865. The third-order valence-corrected chi connectivity index (χ3v) is 6.45. The number of hydrogen-bond donors (Lipinski definition) is 1. The van der Waals surface area contributed by atoms with Crippen molar-refractivity contribution in [2.45, 2.75) is 32.0 Å². The van der Waals surface area contributed by atoms with E-state index in [4.69, 9.17) is 14.6 Å². The Balaban J connectivity index is 0.000000339. The van der Waals surface area contributed by atoms with E-state index in [9.17, 15) is 18.0 Å². The Hall–Kier alpha value is -1.92. The van der Waals surface area contributed by atoms with E-state index in [1.807, 2.05) is 21.4 Å². The molecule has 3 fully saturated rings. The highest BCUT2D eigenvalue weighted by Crippen LogP contribution is 2.34. The van der Waals surface area contributed by atoms with Crippen molar-refractivity contribution in [1.82, 2.24) is 19.7 Å². The van der Waals surface area contributed by atoms with Gasteiger partial charge in [0.15, 0.2) is 0 Å². The van der Waals surface area contributed by atoms with Crippen LogP contribution in [0.3, 0.4) is 0 Å². The molecule has 4 heterocycles. The number of carbonyl (C=O) groups excluding carboxylic acids is 1. The van der Waals surface area contributed by atoms with Gasteiger partial charge in [0.05, 0.1) is 19.8 Å². The minimum atomic E-state index is -5.08. The number of alkyl halides is 3. The van der Waals surface area contributed by atoms with Crippen molar-refractivity contribution in [3.8, 4) is 0 Å². The SMILES string of the molecule is O=C(N1CCCC1)N1CCOCC2(CCN(Cc3nccs3)C2)C1.O=C(O)C(F)(F)F. The lowest BCUT2D eigenvalue weighted by Crippen LogP contribution is -2.48. The van der Waals surface area contributed by atoms with Gasteiger partial charge in [-0.15, -0.1) is 11.3 Å². The molecule has 12 heteroatoms. The number of carboxylic acids is 1. The van der Waals surface area contributed by atoms with Gasteiger partial charge in [-0.2, -0.15) is 13.2 Å². The van der Waals surface area contributed by atoms with Crippen molar-refractivity contribution in [3.63, 3.8) is 0 Å². The molecule has 1 N–H and O–H groups in total. The number of halogens is 3. The molecule has 0 aromatic carbocycles. The highest BCUT2D eigenvalue weighted by Gasteiger charge is 2.43. The third kappa shape index (κ3) is 6.53. The number of amides is 2. The zero-order valence-corrected chi connectivity index (χ0v) is 18.0. The van der Waals surface area contributed by atoms with Crippen molar-refractivity contribution in [3.05, 3.63) is 16.6 Å². The summed E-state index contributed by atoms with van der Waals surface area (Å²) in [6, 6.07) is 0.218. The van der Waals surface area contributed by atoms with Gasteiger partial charge in [-0.3, -0.25) is 4.90 Å². The van der Waals surface area contributed by atoms with E-state index in [0.717, 1.165) is 71.7 Å². The molecular formula is C19H27F3N4O4S. The van der Waals surface area contributed by atoms with E-state index in [1.54, 1.807) is 11.3 Å². The minimum absolute atomic E-state index is 0.0865. The van der Waals surface area contributed by atoms with Gasteiger partial charge in [0.1, 0.15) is 5.01 Å². The number of thiazole rings is 1. The van der Waals surface area contributed by atoms with Crippen LogP contribution < -0.4 is 0 Å². The van der Waals surface area contributed by atoms with Gasteiger partial charge in [-0.1, -0.05) is 0 Å². The first-order valence-electron chi connectivity index (χ1n) is 10.2. The first-order valence-corrected chi connectivity index (χ1v) is 11.1. The van der Waals surface area contributed by atoms with Crippen LogP contribution in [-0.4, -0.2) is 95.4 Å². The fraction of sp³-hybridized carbons (Fsp3) is 0.737. The van der Waals surface area contributed by atoms with Gasteiger partial charge in [0.2, 0.25) is 0 Å². The second kappa shape index (κ2) is 10.1. The van der Waals surface area contributed by atoms with Gasteiger partial charge in [0, 0.05) is 49.7 Å². The van der Waals surface area contributed by atoms with Crippen molar-refractivity contribution in [2.24, 2.45) is 5.41 Å². The molecular weight excluding hydrogens is 437 g/mol. The Morgan fingerprint density at radius 1 is 1.16 bits per heavy atom. The lowest BCUT2D eigenvalue weighted by Gasteiger charge is -2.34. The molecule has 31 heavy (non-hydrogen) atoms. The number of carboxylic acid groups (broad SMARTS) is 1. The van der Waals surface area contributed by atoms with Crippen LogP contribution in [0.2, 0.25) is 0 Å². The number of ether oxygens (including phenoxy) is 1. The number of aliphatic carboxylic acids is 1. The van der Waals surface area contributed by atoms with E-state index in [-0.39, 0.29) is 11.4 Å². The Morgan fingerprint density at radius 2 is 1.87 bits per heavy atom. The first-order chi connectivity index (χ1) is 14.7. The number of hydrogen-bond acceptors (Lipinski definition) is 6. The van der Waals surface area contributed by atoms with Gasteiger partial charge in [-0.05, 0) is 25.8 Å².